The molecule has 6 aliphatic rings. The predicted molar refractivity (Wildman–Crippen MR) is 221 cm³/mol. The van der Waals surface area contributed by atoms with Crippen molar-refractivity contribution < 1.29 is 29.0 Å². The van der Waals surface area contributed by atoms with Crippen molar-refractivity contribution in [3.8, 4) is 0 Å². The number of aliphatic imine (C=N–C) groups is 1. The van der Waals surface area contributed by atoms with E-state index in [9.17, 15) is 19.5 Å². The third kappa shape index (κ3) is 6.42. The molecule has 1 aromatic rings. The average molecular weight is 786 g/mol. The van der Waals surface area contributed by atoms with Gasteiger partial charge in [-0.2, -0.15) is 0 Å². The van der Waals surface area contributed by atoms with E-state index in [2.05, 4.69) is 54.2 Å². The van der Waals surface area contributed by atoms with E-state index in [0.717, 1.165) is 62.5 Å². The first kappa shape index (κ1) is 41.2. The molecule has 0 amide bonds. The number of rotatable bonds is 10. The summed E-state index contributed by atoms with van der Waals surface area (Å²) in [6, 6.07) is 7.67. The molecule has 56 heavy (non-hydrogen) atoms. The molecular formula is C48H64ClNO6. The number of halogens is 1. The molecule has 0 radical (unpaired) electrons. The van der Waals surface area contributed by atoms with Gasteiger partial charge in [-0.1, -0.05) is 77.9 Å². The number of Topliss-reactive ketones (excluding diaryl/α,β-unsaturated/α-hetero) is 2. The predicted octanol–water partition coefficient (Wildman–Crippen LogP) is 11.1. The lowest BCUT2D eigenvalue weighted by atomic mass is 9.33. The fourth-order valence-electron chi connectivity index (χ4n) is 13.6. The number of hydrogen-bond donors (Lipinski definition) is 1. The summed E-state index contributed by atoms with van der Waals surface area (Å²) >= 11 is 6.42. The molecule has 8 unspecified atom stereocenters. The maximum atomic E-state index is 14.3. The van der Waals surface area contributed by atoms with Crippen molar-refractivity contribution in [2.75, 3.05) is 13.2 Å². The zero-order valence-electron chi connectivity index (χ0n) is 35.3. The number of carbonyl (C=O) groups is 3. The van der Waals surface area contributed by atoms with Gasteiger partial charge in [0.15, 0.2) is 11.5 Å². The van der Waals surface area contributed by atoms with Crippen molar-refractivity contribution >= 4 is 40.8 Å². The summed E-state index contributed by atoms with van der Waals surface area (Å²) in [5.41, 5.74) is 5.06. The highest BCUT2D eigenvalue weighted by molar-refractivity contribution is 6.30. The van der Waals surface area contributed by atoms with Gasteiger partial charge in [0.1, 0.15) is 5.78 Å². The van der Waals surface area contributed by atoms with Crippen LogP contribution in [0, 0.1) is 56.2 Å². The van der Waals surface area contributed by atoms with Gasteiger partial charge in [0.25, 0.3) is 0 Å². The number of ether oxygens (including phenoxy) is 2. The number of ketones is 2. The minimum Gasteiger partial charge on any atom is -0.481 e. The van der Waals surface area contributed by atoms with Crippen molar-refractivity contribution in [2.45, 2.75) is 139 Å². The van der Waals surface area contributed by atoms with Crippen LogP contribution in [0.15, 0.2) is 52.2 Å². The second kappa shape index (κ2) is 14.4. The van der Waals surface area contributed by atoms with Crippen LogP contribution in [-0.2, 0) is 23.9 Å². The van der Waals surface area contributed by atoms with Gasteiger partial charge in [-0.05, 0) is 140 Å². The largest absolute Gasteiger partial charge is 0.481 e. The number of nitrogens with zero attached hydrogens (tertiary/aromatic N) is 1. The molecule has 1 aromatic carbocycles. The third-order valence-corrected chi connectivity index (χ3v) is 16.8. The topological polar surface area (TPSA) is 102 Å². The maximum absolute atomic E-state index is 14.3. The molecule has 1 aliphatic heterocycles. The van der Waals surface area contributed by atoms with E-state index in [1.54, 1.807) is 13.8 Å². The van der Waals surface area contributed by atoms with Crippen molar-refractivity contribution in [3.63, 3.8) is 0 Å². The Balaban J connectivity index is 1.15. The van der Waals surface area contributed by atoms with E-state index in [4.69, 9.17) is 26.1 Å². The number of aliphatic carboxylic acids is 1. The van der Waals surface area contributed by atoms with Gasteiger partial charge in [0, 0.05) is 29.8 Å². The second-order valence-corrected chi connectivity index (χ2v) is 21.0. The normalized spacial score (nSPS) is 36.4. The Bertz CT molecular complexity index is 1930. The highest BCUT2D eigenvalue weighted by Gasteiger charge is 2.71. The Hall–Kier alpha value is -2.99. The molecule has 1 heterocycles. The van der Waals surface area contributed by atoms with Crippen LogP contribution >= 0.6 is 11.6 Å². The lowest BCUT2D eigenvalue weighted by Crippen LogP contribution is -2.66. The Labute approximate surface area is 339 Å². The average Bonchev–Trinajstić information content (AvgIpc) is 3.23. The molecule has 5 aliphatic carbocycles. The molecule has 0 spiro atoms. The Morgan fingerprint density at radius 3 is 2.46 bits per heavy atom. The van der Waals surface area contributed by atoms with Crippen molar-refractivity contribution in [3.05, 3.63) is 57.8 Å². The van der Waals surface area contributed by atoms with E-state index in [1.807, 2.05) is 30.3 Å². The minimum absolute atomic E-state index is 0.00420. The van der Waals surface area contributed by atoms with E-state index < -0.39 is 16.8 Å². The number of hydrogen-bond acceptors (Lipinski definition) is 6. The van der Waals surface area contributed by atoms with Crippen molar-refractivity contribution in [1.82, 2.24) is 0 Å². The summed E-state index contributed by atoms with van der Waals surface area (Å²) in [6.45, 7) is 20.9. The van der Waals surface area contributed by atoms with Crippen molar-refractivity contribution in [2.24, 2.45) is 61.2 Å². The first-order valence-corrected chi connectivity index (χ1v) is 21.7. The standard InChI is InChI=1S/C48H64ClNO6/c1-29(2)39-34(52)28-48(41-50-24-11-14-35(56-41)30-12-10-13-31(49)26-30)23-22-46(8)33(40(39)48)15-16-37-45(7)20-18-38(44(5,6)36(45)17-21-47(37,46)9)55-25-19-32(51)27-43(3,4)42(53)54/h10-13,26,29,33,36-38H,15-25,27-28H2,1-9H3,(H,53,54). The fourth-order valence-corrected chi connectivity index (χ4v) is 13.8. The number of benzene rings is 1. The summed E-state index contributed by atoms with van der Waals surface area (Å²) in [5.74, 6) is 1.92. The minimum atomic E-state index is -1.07. The monoisotopic (exact) mass is 785 g/mol. The van der Waals surface area contributed by atoms with Crippen LogP contribution in [0.5, 0.6) is 0 Å². The molecule has 0 bridgehead atoms. The molecular weight excluding hydrogens is 722 g/mol. The molecule has 8 atom stereocenters. The molecule has 7 nitrogen and oxygen atoms in total. The van der Waals surface area contributed by atoms with E-state index in [1.165, 1.54) is 5.57 Å². The number of allylic oxidation sites excluding steroid dienone is 1. The molecule has 4 saturated carbocycles. The molecule has 7 rings (SSSR count). The van der Waals surface area contributed by atoms with Gasteiger partial charge < -0.3 is 14.6 Å². The molecule has 0 saturated heterocycles. The number of carbonyl (C=O) groups excluding carboxylic acids is 2. The van der Waals surface area contributed by atoms with Crippen molar-refractivity contribution in [1.29, 1.82) is 0 Å². The fraction of sp³-hybridized carbons (Fsp3) is 0.688. The van der Waals surface area contributed by atoms with Crippen LogP contribution in [0.2, 0.25) is 5.02 Å². The first-order chi connectivity index (χ1) is 26.2. The highest BCUT2D eigenvalue weighted by Crippen LogP contribution is 2.77. The summed E-state index contributed by atoms with van der Waals surface area (Å²) in [7, 11) is 0. The molecule has 0 aromatic heterocycles. The van der Waals surface area contributed by atoms with Crippen LogP contribution in [-0.4, -0.2) is 47.8 Å². The summed E-state index contributed by atoms with van der Waals surface area (Å²) < 4.78 is 13.4. The zero-order chi connectivity index (χ0) is 40.6. The Kier molecular flexibility index (Phi) is 10.6. The number of fused-ring (bicyclic) bond motifs is 7. The van der Waals surface area contributed by atoms with Gasteiger partial charge in [-0.15, -0.1) is 0 Å². The lowest BCUT2D eigenvalue weighted by molar-refractivity contribution is -0.233. The van der Waals surface area contributed by atoms with Gasteiger partial charge in [0.2, 0.25) is 5.90 Å². The van der Waals surface area contributed by atoms with Crippen LogP contribution in [0.4, 0.5) is 0 Å². The maximum Gasteiger partial charge on any atom is 0.309 e. The van der Waals surface area contributed by atoms with Crippen LogP contribution < -0.4 is 0 Å². The van der Waals surface area contributed by atoms with E-state index in [-0.39, 0.29) is 64.0 Å². The number of carboxylic acid groups (broad SMARTS) is 1. The SMILES string of the molecule is CC(C)C1=C2C3CCC4C5(C)CCC(OCCC(=O)CC(C)(C)C(=O)O)C(C)(C)C5CCC4(C)C3(C)CCC2(C2=NCC=C=C(c3cccc(Cl)c3)O2)CC1=O. The third-order valence-electron chi connectivity index (χ3n) is 16.5. The van der Waals surface area contributed by atoms with Gasteiger partial charge in [-0.25, -0.2) is 4.99 Å². The first-order valence-electron chi connectivity index (χ1n) is 21.3. The molecule has 4 fully saturated rings. The molecule has 8 heteroatoms. The Morgan fingerprint density at radius 2 is 1.77 bits per heavy atom. The summed E-state index contributed by atoms with van der Waals surface area (Å²) in [4.78, 5) is 43.8. The van der Waals surface area contributed by atoms with Gasteiger partial charge in [0.05, 0.1) is 30.1 Å². The van der Waals surface area contributed by atoms with E-state index in [0.29, 0.717) is 48.1 Å². The highest BCUT2D eigenvalue weighted by atomic mass is 35.5. The quantitative estimate of drug-likeness (QED) is 0.237. The van der Waals surface area contributed by atoms with Crippen LogP contribution in [0.25, 0.3) is 5.76 Å². The lowest BCUT2D eigenvalue weighted by Gasteiger charge is -2.72. The second-order valence-electron chi connectivity index (χ2n) is 20.6. The smallest absolute Gasteiger partial charge is 0.309 e. The van der Waals surface area contributed by atoms with Crippen LogP contribution in [0.1, 0.15) is 139 Å². The van der Waals surface area contributed by atoms with Gasteiger partial charge >= 0.3 is 5.97 Å². The summed E-state index contributed by atoms with van der Waals surface area (Å²) in [6.07, 6.45) is 11.0. The Morgan fingerprint density at radius 1 is 1.02 bits per heavy atom. The number of carboxylic acids is 1. The molecule has 304 valence electrons. The summed E-state index contributed by atoms with van der Waals surface area (Å²) in [5, 5.41) is 10.1. The molecule has 1 N–H and O–H groups in total. The van der Waals surface area contributed by atoms with Crippen LogP contribution in [0.3, 0.4) is 0 Å². The van der Waals surface area contributed by atoms with E-state index >= 15 is 0 Å². The van der Waals surface area contributed by atoms with Gasteiger partial charge in [-0.3, -0.25) is 14.4 Å². The zero-order valence-corrected chi connectivity index (χ0v) is 36.0.